The molecule has 0 unspecified atom stereocenters. The third-order valence-corrected chi connectivity index (χ3v) is 3.73. The molecule has 0 bridgehead atoms. The van der Waals surface area contributed by atoms with E-state index in [0.717, 1.165) is 21.3 Å². The van der Waals surface area contributed by atoms with Gasteiger partial charge in [0.25, 0.3) is 5.91 Å². The Hall–Kier alpha value is -2.01. The Labute approximate surface area is 138 Å². The highest BCUT2D eigenvalue weighted by Crippen LogP contribution is 2.28. The molecule has 0 aliphatic heterocycles. The lowest BCUT2D eigenvalue weighted by Crippen LogP contribution is -2.20. The summed E-state index contributed by atoms with van der Waals surface area (Å²) in [4.78, 5) is 12.0. The minimum absolute atomic E-state index is 0.0836. The molecule has 2 aromatic rings. The molecule has 0 aliphatic rings. The van der Waals surface area contributed by atoms with Crippen LogP contribution in [0.25, 0.3) is 0 Å². The van der Waals surface area contributed by atoms with E-state index in [1.165, 1.54) is 0 Å². The SMILES string of the molecule is COc1cc(C)ccc1OCC(=O)Nc1ccc(C)cc1Br. The van der Waals surface area contributed by atoms with Gasteiger partial charge < -0.3 is 14.8 Å². The Morgan fingerprint density at radius 1 is 1.09 bits per heavy atom. The van der Waals surface area contributed by atoms with E-state index in [4.69, 9.17) is 9.47 Å². The molecule has 2 rings (SSSR count). The molecule has 0 aliphatic carbocycles. The van der Waals surface area contributed by atoms with E-state index in [-0.39, 0.29) is 12.5 Å². The summed E-state index contributed by atoms with van der Waals surface area (Å²) in [6.45, 7) is 3.87. The molecular weight excluding hydrogens is 346 g/mol. The van der Waals surface area contributed by atoms with Crippen LogP contribution in [0.3, 0.4) is 0 Å². The van der Waals surface area contributed by atoms with Gasteiger partial charge in [-0.05, 0) is 65.2 Å². The number of aryl methyl sites for hydroxylation is 2. The summed E-state index contributed by atoms with van der Waals surface area (Å²) in [6, 6.07) is 11.3. The van der Waals surface area contributed by atoms with Gasteiger partial charge in [-0.2, -0.15) is 0 Å². The van der Waals surface area contributed by atoms with Crippen molar-refractivity contribution in [3.63, 3.8) is 0 Å². The van der Waals surface area contributed by atoms with Crippen LogP contribution in [0.2, 0.25) is 0 Å². The lowest BCUT2D eigenvalue weighted by atomic mass is 10.2. The van der Waals surface area contributed by atoms with E-state index in [2.05, 4.69) is 21.2 Å². The fraction of sp³-hybridized carbons (Fsp3) is 0.235. The molecule has 1 amide bonds. The molecule has 1 N–H and O–H groups in total. The summed E-state index contributed by atoms with van der Waals surface area (Å²) in [5.74, 6) is 0.933. The van der Waals surface area contributed by atoms with Gasteiger partial charge in [-0.15, -0.1) is 0 Å². The number of hydrogen-bond acceptors (Lipinski definition) is 3. The Morgan fingerprint density at radius 3 is 2.45 bits per heavy atom. The van der Waals surface area contributed by atoms with Crippen LogP contribution >= 0.6 is 15.9 Å². The number of amides is 1. The zero-order valence-corrected chi connectivity index (χ0v) is 14.4. The van der Waals surface area contributed by atoms with E-state index in [9.17, 15) is 4.79 Å². The summed E-state index contributed by atoms with van der Waals surface area (Å²) in [7, 11) is 1.57. The third kappa shape index (κ3) is 4.24. The van der Waals surface area contributed by atoms with Crippen molar-refractivity contribution in [1.82, 2.24) is 0 Å². The maximum atomic E-state index is 12.0. The number of halogens is 1. The molecule has 0 spiro atoms. The Kier molecular flexibility index (Phi) is 5.44. The highest BCUT2D eigenvalue weighted by molar-refractivity contribution is 9.10. The average Bonchev–Trinajstić information content (AvgIpc) is 2.48. The zero-order chi connectivity index (χ0) is 16.1. The number of benzene rings is 2. The van der Waals surface area contributed by atoms with Gasteiger partial charge >= 0.3 is 0 Å². The van der Waals surface area contributed by atoms with Crippen LogP contribution in [0.1, 0.15) is 11.1 Å². The zero-order valence-electron chi connectivity index (χ0n) is 12.8. The standard InChI is InChI=1S/C17H18BrNO3/c1-11-4-6-14(13(18)8-11)19-17(20)10-22-15-7-5-12(2)9-16(15)21-3/h4-9H,10H2,1-3H3,(H,19,20). The van der Waals surface area contributed by atoms with Gasteiger partial charge in [-0.1, -0.05) is 12.1 Å². The molecule has 5 heteroatoms. The van der Waals surface area contributed by atoms with E-state index in [1.54, 1.807) is 13.2 Å². The minimum Gasteiger partial charge on any atom is -0.493 e. The van der Waals surface area contributed by atoms with Crippen molar-refractivity contribution in [3.8, 4) is 11.5 Å². The van der Waals surface area contributed by atoms with Gasteiger partial charge in [-0.25, -0.2) is 0 Å². The van der Waals surface area contributed by atoms with Gasteiger partial charge in [0.15, 0.2) is 18.1 Å². The van der Waals surface area contributed by atoms with Gasteiger partial charge in [0.1, 0.15) is 0 Å². The van der Waals surface area contributed by atoms with Gasteiger partial charge in [0.05, 0.1) is 12.8 Å². The van der Waals surface area contributed by atoms with Crippen LogP contribution in [-0.2, 0) is 4.79 Å². The molecule has 0 saturated heterocycles. The lowest BCUT2D eigenvalue weighted by molar-refractivity contribution is -0.118. The molecular formula is C17H18BrNO3. The molecule has 0 aromatic heterocycles. The van der Waals surface area contributed by atoms with Crippen molar-refractivity contribution in [3.05, 3.63) is 52.0 Å². The maximum Gasteiger partial charge on any atom is 0.262 e. The van der Waals surface area contributed by atoms with E-state index in [0.29, 0.717) is 11.5 Å². The summed E-state index contributed by atoms with van der Waals surface area (Å²) in [6.07, 6.45) is 0. The molecule has 0 fully saturated rings. The second kappa shape index (κ2) is 7.31. The van der Waals surface area contributed by atoms with Crippen molar-refractivity contribution in [2.75, 3.05) is 19.0 Å². The first-order valence-corrected chi connectivity index (χ1v) is 7.62. The normalized spacial score (nSPS) is 10.2. The largest absolute Gasteiger partial charge is 0.493 e. The highest BCUT2D eigenvalue weighted by atomic mass is 79.9. The van der Waals surface area contributed by atoms with E-state index >= 15 is 0 Å². The van der Waals surface area contributed by atoms with Crippen LogP contribution < -0.4 is 14.8 Å². The molecule has 22 heavy (non-hydrogen) atoms. The molecule has 2 aromatic carbocycles. The second-order valence-corrected chi connectivity index (χ2v) is 5.83. The number of carbonyl (C=O) groups is 1. The van der Waals surface area contributed by atoms with Gasteiger partial charge in [0.2, 0.25) is 0 Å². The predicted molar refractivity (Wildman–Crippen MR) is 90.7 cm³/mol. The van der Waals surface area contributed by atoms with Crippen LogP contribution in [0, 0.1) is 13.8 Å². The molecule has 0 atom stereocenters. The Balaban J connectivity index is 1.98. The molecule has 4 nitrogen and oxygen atoms in total. The minimum atomic E-state index is -0.229. The first-order valence-electron chi connectivity index (χ1n) is 6.83. The number of carbonyl (C=O) groups excluding carboxylic acids is 1. The summed E-state index contributed by atoms with van der Waals surface area (Å²) >= 11 is 3.43. The number of rotatable bonds is 5. The first-order chi connectivity index (χ1) is 10.5. The van der Waals surface area contributed by atoms with Crippen LogP contribution in [0.4, 0.5) is 5.69 Å². The number of nitrogens with one attached hydrogen (secondary N) is 1. The second-order valence-electron chi connectivity index (χ2n) is 4.97. The quantitative estimate of drug-likeness (QED) is 0.869. The topological polar surface area (TPSA) is 47.6 Å². The van der Waals surface area contributed by atoms with Crippen LogP contribution in [-0.4, -0.2) is 19.6 Å². The van der Waals surface area contributed by atoms with Crippen molar-refractivity contribution in [2.45, 2.75) is 13.8 Å². The number of ether oxygens (including phenoxy) is 2. The predicted octanol–water partition coefficient (Wildman–Crippen LogP) is 4.09. The summed E-state index contributed by atoms with van der Waals surface area (Å²) in [5, 5.41) is 2.80. The van der Waals surface area contributed by atoms with Crippen molar-refractivity contribution < 1.29 is 14.3 Å². The van der Waals surface area contributed by atoms with E-state index < -0.39 is 0 Å². The first kappa shape index (κ1) is 16.4. The lowest BCUT2D eigenvalue weighted by Gasteiger charge is -2.12. The summed E-state index contributed by atoms with van der Waals surface area (Å²) < 4.78 is 11.6. The Morgan fingerprint density at radius 2 is 1.77 bits per heavy atom. The van der Waals surface area contributed by atoms with Crippen molar-refractivity contribution in [2.24, 2.45) is 0 Å². The monoisotopic (exact) mass is 363 g/mol. The number of hydrogen-bond donors (Lipinski definition) is 1. The van der Waals surface area contributed by atoms with Crippen molar-refractivity contribution >= 4 is 27.5 Å². The smallest absolute Gasteiger partial charge is 0.262 e. The highest BCUT2D eigenvalue weighted by Gasteiger charge is 2.09. The van der Waals surface area contributed by atoms with Crippen LogP contribution in [0.5, 0.6) is 11.5 Å². The fourth-order valence-corrected chi connectivity index (χ4v) is 2.54. The summed E-state index contributed by atoms with van der Waals surface area (Å²) in [5.41, 5.74) is 2.90. The van der Waals surface area contributed by atoms with Crippen LogP contribution in [0.15, 0.2) is 40.9 Å². The number of anilines is 1. The van der Waals surface area contributed by atoms with E-state index in [1.807, 2.05) is 44.2 Å². The molecule has 0 heterocycles. The van der Waals surface area contributed by atoms with Crippen molar-refractivity contribution in [1.29, 1.82) is 0 Å². The van der Waals surface area contributed by atoms with Gasteiger partial charge in [0, 0.05) is 4.47 Å². The number of methoxy groups -OCH3 is 1. The van der Waals surface area contributed by atoms with Gasteiger partial charge in [-0.3, -0.25) is 4.79 Å². The molecule has 0 radical (unpaired) electrons. The fourth-order valence-electron chi connectivity index (χ4n) is 1.95. The molecule has 0 saturated carbocycles. The molecule has 116 valence electrons. The maximum absolute atomic E-state index is 12.0. The Bertz CT molecular complexity index is 686. The third-order valence-electron chi connectivity index (χ3n) is 3.08. The average molecular weight is 364 g/mol.